The Balaban J connectivity index is 2.39. The van der Waals surface area contributed by atoms with Gasteiger partial charge < -0.3 is 10.8 Å². The van der Waals surface area contributed by atoms with Gasteiger partial charge in [-0.15, -0.1) is 0 Å². The molecule has 0 saturated heterocycles. The van der Waals surface area contributed by atoms with Crippen molar-refractivity contribution in [2.75, 3.05) is 0 Å². The van der Waals surface area contributed by atoms with E-state index >= 15 is 0 Å². The first-order valence-corrected chi connectivity index (χ1v) is 6.50. The second-order valence-corrected chi connectivity index (χ2v) is 4.79. The fourth-order valence-electron chi connectivity index (χ4n) is 2.19. The third kappa shape index (κ3) is 2.25. The van der Waals surface area contributed by atoms with Crippen LogP contribution in [0.25, 0.3) is 16.7 Å². The highest BCUT2D eigenvalue weighted by molar-refractivity contribution is 5.73. The van der Waals surface area contributed by atoms with Gasteiger partial charge in [-0.05, 0) is 43.3 Å². The number of phenols is 1. The number of rotatable bonds is 2. The fraction of sp³-hybridized carbons (Fsp3) is 0.133. The maximum Gasteiger partial charge on any atom is 0.267 e. The van der Waals surface area contributed by atoms with E-state index in [-0.39, 0.29) is 11.3 Å². The summed E-state index contributed by atoms with van der Waals surface area (Å²) in [6.07, 6.45) is 1.59. The number of hydrogen-bond donors (Lipinski definition) is 2. The van der Waals surface area contributed by atoms with E-state index in [1.807, 2.05) is 0 Å². The normalized spacial score (nSPS) is 12.5. The number of pyridine rings is 1. The quantitative estimate of drug-likeness (QED) is 0.743. The van der Waals surface area contributed by atoms with Crippen molar-refractivity contribution in [1.29, 1.82) is 0 Å². The SMILES string of the molecule is CC(N)c1nc2ncccc2c(=O)n1-c1ccc(O)cc1. The molecule has 106 valence electrons. The molecule has 3 rings (SSSR count). The van der Waals surface area contributed by atoms with Crippen LogP contribution in [0.15, 0.2) is 47.4 Å². The predicted octanol–water partition coefficient (Wildman–Crippen LogP) is 1.51. The van der Waals surface area contributed by atoms with Gasteiger partial charge in [-0.3, -0.25) is 9.36 Å². The molecule has 6 heteroatoms. The Labute approximate surface area is 120 Å². The monoisotopic (exact) mass is 282 g/mol. The van der Waals surface area contributed by atoms with Crippen LogP contribution in [-0.2, 0) is 0 Å². The highest BCUT2D eigenvalue weighted by Gasteiger charge is 2.15. The van der Waals surface area contributed by atoms with Crippen molar-refractivity contribution in [2.45, 2.75) is 13.0 Å². The number of aromatic nitrogens is 3. The van der Waals surface area contributed by atoms with E-state index in [9.17, 15) is 9.90 Å². The Bertz CT molecular complexity index is 854. The lowest BCUT2D eigenvalue weighted by Crippen LogP contribution is -2.27. The number of nitrogens with two attached hydrogens (primary N) is 1. The van der Waals surface area contributed by atoms with Gasteiger partial charge in [-0.1, -0.05) is 0 Å². The molecule has 0 bridgehead atoms. The molecule has 2 heterocycles. The van der Waals surface area contributed by atoms with Crippen molar-refractivity contribution in [2.24, 2.45) is 5.73 Å². The average molecular weight is 282 g/mol. The molecule has 0 aliphatic heterocycles. The molecular weight excluding hydrogens is 268 g/mol. The minimum Gasteiger partial charge on any atom is -0.508 e. The Morgan fingerprint density at radius 3 is 2.62 bits per heavy atom. The summed E-state index contributed by atoms with van der Waals surface area (Å²) in [5.41, 5.74) is 6.69. The number of nitrogens with zero attached hydrogens (tertiary/aromatic N) is 3. The largest absolute Gasteiger partial charge is 0.508 e. The molecule has 0 spiro atoms. The molecule has 0 aliphatic carbocycles. The Morgan fingerprint density at radius 2 is 1.95 bits per heavy atom. The van der Waals surface area contributed by atoms with E-state index in [4.69, 9.17) is 5.73 Å². The summed E-state index contributed by atoms with van der Waals surface area (Å²) in [6, 6.07) is 9.26. The van der Waals surface area contributed by atoms with E-state index in [2.05, 4.69) is 9.97 Å². The van der Waals surface area contributed by atoms with Crippen LogP contribution in [-0.4, -0.2) is 19.6 Å². The van der Waals surface area contributed by atoms with Crippen molar-refractivity contribution < 1.29 is 5.11 Å². The van der Waals surface area contributed by atoms with Crippen LogP contribution in [0, 0.1) is 0 Å². The summed E-state index contributed by atoms with van der Waals surface area (Å²) in [5, 5.41) is 9.81. The summed E-state index contributed by atoms with van der Waals surface area (Å²) in [7, 11) is 0. The van der Waals surface area contributed by atoms with Crippen LogP contribution >= 0.6 is 0 Å². The van der Waals surface area contributed by atoms with Crippen LogP contribution in [0.5, 0.6) is 5.75 Å². The van der Waals surface area contributed by atoms with Crippen LogP contribution in [0.1, 0.15) is 18.8 Å². The van der Waals surface area contributed by atoms with E-state index in [1.54, 1.807) is 37.4 Å². The van der Waals surface area contributed by atoms with Crippen molar-refractivity contribution in [1.82, 2.24) is 14.5 Å². The first kappa shape index (κ1) is 13.3. The molecule has 0 amide bonds. The number of benzene rings is 1. The highest BCUT2D eigenvalue weighted by Crippen LogP contribution is 2.17. The van der Waals surface area contributed by atoms with Crippen molar-refractivity contribution in [3.63, 3.8) is 0 Å². The zero-order chi connectivity index (χ0) is 15.0. The zero-order valence-corrected chi connectivity index (χ0v) is 11.4. The Morgan fingerprint density at radius 1 is 1.24 bits per heavy atom. The molecule has 3 N–H and O–H groups in total. The van der Waals surface area contributed by atoms with Crippen LogP contribution < -0.4 is 11.3 Å². The van der Waals surface area contributed by atoms with Crippen LogP contribution in [0.2, 0.25) is 0 Å². The highest BCUT2D eigenvalue weighted by atomic mass is 16.3. The minimum absolute atomic E-state index is 0.129. The van der Waals surface area contributed by atoms with Gasteiger partial charge >= 0.3 is 0 Å². The van der Waals surface area contributed by atoms with Gasteiger partial charge in [0.2, 0.25) is 0 Å². The van der Waals surface area contributed by atoms with Crippen molar-refractivity contribution in [3.05, 3.63) is 58.8 Å². The van der Waals surface area contributed by atoms with E-state index < -0.39 is 6.04 Å². The number of aromatic hydroxyl groups is 1. The third-order valence-electron chi connectivity index (χ3n) is 3.18. The molecule has 3 aromatic rings. The molecule has 0 radical (unpaired) electrons. The lowest BCUT2D eigenvalue weighted by atomic mass is 10.2. The zero-order valence-electron chi connectivity index (χ0n) is 11.4. The number of phenolic OH excluding ortho intramolecular Hbond substituents is 1. The van der Waals surface area contributed by atoms with Gasteiger partial charge in [0.1, 0.15) is 11.6 Å². The number of hydrogen-bond acceptors (Lipinski definition) is 5. The maximum absolute atomic E-state index is 12.7. The second-order valence-electron chi connectivity index (χ2n) is 4.79. The first-order chi connectivity index (χ1) is 10.1. The smallest absolute Gasteiger partial charge is 0.267 e. The van der Waals surface area contributed by atoms with Gasteiger partial charge in [0.25, 0.3) is 5.56 Å². The Kier molecular flexibility index (Phi) is 3.15. The molecule has 1 aromatic carbocycles. The second kappa shape index (κ2) is 4.99. The molecule has 2 aromatic heterocycles. The molecule has 6 nitrogen and oxygen atoms in total. The Hall–Kier alpha value is -2.73. The average Bonchev–Trinajstić information content (AvgIpc) is 2.48. The molecule has 21 heavy (non-hydrogen) atoms. The fourth-order valence-corrected chi connectivity index (χ4v) is 2.19. The van der Waals surface area contributed by atoms with E-state index in [0.29, 0.717) is 22.5 Å². The summed E-state index contributed by atoms with van der Waals surface area (Å²) >= 11 is 0. The standard InChI is InChI=1S/C15H14N4O2/c1-9(16)14-18-13-12(3-2-8-17-13)15(21)19(14)10-4-6-11(20)7-5-10/h2-9,20H,16H2,1H3. The first-order valence-electron chi connectivity index (χ1n) is 6.50. The number of fused-ring (bicyclic) bond motifs is 1. The van der Waals surface area contributed by atoms with Gasteiger partial charge in [0, 0.05) is 6.20 Å². The van der Waals surface area contributed by atoms with Gasteiger partial charge in [-0.2, -0.15) is 0 Å². The predicted molar refractivity (Wildman–Crippen MR) is 79.4 cm³/mol. The molecular formula is C15H14N4O2. The van der Waals surface area contributed by atoms with Crippen molar-refractivity contribution in [3.8, 4) is 11.4 Å². The summed E-state index contributed by atoms with van der Waals surface area (Å²) < 4.78 is 1.45. The summed E-state index contributed by atoms with van der Waals surface area (Å²) in [4.78, 5) is 21.2. The van der Waals surface area contributed by atoms with Crippen LogP contribution in [0.3, 0.4) is 0 Å². The molecule has 1 unspecified atom stereocenters. The topological polar surface area (TPSA) is 94.0 Å². The van der Waals surface area contributed by atoms with Gasteiger partial charge in [0.05, 0.1) is 17.1 Å². The summed E-state index contributed by atoms with van der Waals surface area (Å²) in [6.45, 7) is 1.76. The van der Waals surface area contributed by atoms with E-state index in [0.717, 1.165) is 0 Å². The van der Waals surface area contributed by atoms with Gasteiger partial charge in [0.15, 0.2) is 5.65 Å². The third-order valence-corrected chi connectivity index (χ3v) is 3.18. The lowest BCUT2D eigenvalue weighted by Gasteiger charge is -2.15. The molecule has 0 aliphatic rings. The van der Waals surface area contributed by atoms with Crippen molar-refractivity contribution >= 4 is 11.0 Å². The molecule has 0 fully saturated rings. The summed E-state index contributed by atoms with van der Waals surface area (Å²) in [5.74, 6) is 0.557. The molecule has 1 atom stereocenters. The molecule has 0 saturated carbocycles. The lowest BCUT2D eigenvalue weighted by molar-refractivity contribution is 0.475. The minimum atomic E-state index is -0.432. The van der Waals surface area contributed by atoms with Crippen LogP contribution in [0.4, 0.5) is 0 Å². The van der Waals surface area contributed by atoms with Gasteiger partial charge in [-0.25, -0.2) is 9.97 Å². The van der Waals surface area contributed by atoms with E-state index in [1.165, 1.54) is 16.7 Å². The maximum atomic E-state index is 12.7.